The predicted octanol–water partition coefficient (Wildman–Crippen LogP) is 4.18. The molecule has 1 aliphatic heterocycles. The van der Waals surface area contributed by atoms with E-state index in [1.165, 1.54) is 11.2 Å². The highest BCUT2D eigenvalue weighted by atomic mass is 16.5. The van der Waals surface area contributed by atoms with Crippen LogP contribution in [-0.2, 0) is 14.3 Å². The zero-order valence-corrected chi connectivity index (χ0v) is 18.6. The molecule has 1 unspecified atom stereocenters. The van der Waals surface area contributed by atoms with Gasteiger partial charge in [-0.1, -0.05) is 13.8 Å². The van der Waals surface area contributed by atoms with E-state index in [1.54, 1.807) is 26.4 Å². The highest BCUT2D eigenvalue weighted by molar-refractivity contribution is 6.46. The Morgan fingerprint density at radius 2 is 2.00 bits per heavy atom. The summed E-state index contributed by atoms with van der Waals surface area (Å²) in [5.74, 6) is -0.317. The third kappa shape index (κ3) is 4.23. The number of methoxy groups -OCH3 is 2. The topological polar surface area (TPSA) is 89.2 Å². The Labute approximate surface area is 182 Å². The number of aliphatic hydroxyl groups excluding tert-OH is 1. The van der Waals surface area contributed by atoms with Gasteiger partial charge in [-0.2, -0.15) is 0 Å². The maximum absolute atomic E-state index is 13.0. The first-order valence-electron chi connectivity index (χ1n) is 10.3. The van der Waals surface area contributed by atoms with Crippen LogP contribution >= 0.6 is 0 Å². The summed E-state index contributed by atoms with van der Waals surface area (Å²) in [4.78, 5) is 27.3. The molecule has 7 nitrogen and oxygen atoms in total. The van der Waals surface area contributed by atoms with E-state index in [2.05, 4.69) is 0 Å². The molecule has 2 heterocycles. The number of nitrogens with zero attached hydrogens (tertiary/aromatic N) is 1. The van der Waals surface area contributed by atoms with Crippen molar-refractivity contribution < 1.29 is 28.6 Å². The van der Waals surface area contributed by atoms with Crippen LogP contribution in [-0.4, -0.2) is 49.1 Å². The Morgan fingerprint density at radius 1 is 1.26 bits per heavy atom. The number of likely N-dealkylation sites (tertiary alicyclic amines) is 1. The van der Waals surface area contributed by atoms with Gasteiger partial charge in [-0.25, -0.2) is 0 Å². The van der Waals surface area contributed by atoms with Gasteiger partial charge in [0.1, 0.15) is 23.3 Å². The molecule has 1 fully saturated rings. The fraction of sp³-hybridized carbons (Fsp3) is 0.417. The van der Waals surface area contributed by atoms with Crippen molar-refractivity contribution in [3.63, 3.8) is 0 Å². The number of hydrogen-bond acceptors (Lipinski definition) is 6. The molecule has 0 spiro atoms. The molecule has 1 aliphatic rings. The Bertz CT molecular complexity index is 990. The van der Waals surface area contributed by atoms with Crippen molar-refractivity contribution in [1.82, 2.24) is 4.90 Å². The van der Waals surface area contributed by atoms with Gasteiger partial charge in [-0.05, 0) is 54.7 Å². The molecule has 1 saturated heterocycles. The van der Waals surface area contributed by atoms with Gasteiger partial charge >= 0.3 is 0 Å². The first kappa shape index (κ1) is 22.6. The zero-order valence-electron chi connectivity index (χ0n) is 18.6. The Morgan fingerprint density at radius 3 is 2.58 bits per heavy atom. The smallest absolute Gasteiger partial charge is 0.295 e. The summed E-state index contributed by atoms with van der Waals surface area (Å²) >= 11 is 0. The lowest BCUT2D eigenvalue weighted by Gasteiger charge is -2.23. The average molecular weight is 427 g/mol. The van der Waals surface area contributed by atoms with Crippen LogP contribution in [0.3, 0.4) is 0 Å². The van der Waals surface area contributed by atoms with Crippen LogP contribution in [0.25, 0.3) is 5.76 Å². The zero-order chi connectivity index (χ0) is 22.7. The van der Waals surface area contributed by atoms with Crippen LogP contribution in [0, 0.1) is 6.92 Å². The summed E-state index contributed by atoms with van der Waals surface area (Å²) in [5.41, 5.74) is 2.16. The van der Waals surface area contributed by atoms with Gasteiger partial charge in [0.15, 0.2) is 0 Å². The van der Waals surface area contributed by atoms with E-state index in [0.29, 0.717) is 36.6 Å². The second-order valence-corrected chi connectivity index (χ2v) is 7.92. The minimum Gasteiger partial charge on any atom is -0.507 e. The number of carbonyl (C=O) groups is 2. The first-order valence-corrected chi connectivity index (χ1v) is 10.3. The van der Waals surface area contributed by atoms with Crippen LogP contribution in [0.4, 0.5) is 0 Å². The van der Waals surface area contributed by atoms with E-state index in [-0.39, 0.29) is 17.3 Å². The van der Waals surface area contributed by atoms with Crippen molar-refractivity contribution in [1.29, 1.82) is 0 Å². The summed E-state index contributed by atoms with van der Waals surface area (Å²) < 4.78 is 16.1. The van der Waals surface area contributed by atoms with Gasteiger partial charge in [-0.15, -0.1) is 0 Å². The number of carbonyl (C=O) groups excluding carboxylic acids is 2. The number of aryl methyl sites for hydroxylation is 1. The van der Waals surface area contributed by atoms with Gasteiger partial charge in [0, 0.05) is 25.8 Å². The Kier molecular flexibility index (Phi) is 6.85. The first-order chi connectivity index (χ1) is 14.8. The van der Waals surface area contributed by atoms with Crippen LogP contribution in [0.5, 0.6) is 5.75 Å². The maximum Gasteiger partial charge on any atom is 0.295 e. The third-order valence-electron chi connectivity index (χ3n) is 5.55. The molecule has 1 amide bonds. The number of ether oxygens (including phenoxy) is 2. The molecule has 3 rings (SSSR count). The second-order valence-electron chi connectivity index (χ2n) is 7.92. The molecule has 1 aromatic carbocycles. The number of benzene rings is 1. The number of aliphatic hydroxyl groups is 1. The highest BCUT2D eigenvalue weighted by Gasteiger charge is 2.47. The number of hydrogen-bond donors (Lipinski definition) is 1. The van der Waals surface area contributed by atoms with Crippen molar-refractivity contribution in [2.75, 3.05) is 27.4 Å². The maximum atomic E-state index is 13.0. The van der Waals surface area contributed by atoms with Crippen LogP contribution in [0.2, 0.25) is 0 Å². The molecule has 7 heteroatoms. The van der Waals surface area contributed by atoms with E-state index in [9.17, 15) is 14.7 Å². The molecular weight excluding hydrogens is 398 g/mol. The van der Waals surface area contributed by atoms with Gasteiger partial charge in [0.2, 0.25) is 0 Å². The third-order valence-corrected chi connectivity index (χ3v) is 5.55. The van der Waals surface area contributed by atoms with E-state index in [0.717, 1.165) is 11.1 Å². The number of furan rings is 1. The van der Waals surface area contributed by atoms with Crippen molar-refractivity contribution >= 4 is 17.4 Å². The highest BCUT2D eigenvalue weighted by Crippen LogP contribution is 2.41. The molecule has 0 saturated carbocycles. The fourth-order valence-electron chi connectivity index (χ4n) is 3.96. The van der Waals surface area contributed by atoms with Crippen LogP contribution in [0.15, 0.2) is 40.5 Å². The number of ketones is 1. The summed E-state index contributed by atoms with van der Waals surface area (Å²) in [7, 11) is 3.18. The molecule has 2 aromatic rings. The van der Waals surface area contributed by atoms with Crippen molar-refractivity contribution in [3.05, 3.63) is 58.6 Å². The van der Waals surface area contributed by atoms with Crippen LogP contribution in [0.1, 0.15) is 54.7 Å². The number of rotatable bonds is 8. The minimum atomic E-state index is -0.796. The predicted molar refractivity (Wildman–Crippen MR) is 116 cm³/mol. The van der Waals surface area contributed by atoms with Crippen molar-refractivity contribution in [2.24, 2.45) is 0 Å². The quantitative estimate of drug-likeness (QED) is 0.294. The molecular formula is C24H29NO6. The number of amides is 1. The van der Waals surface area contributed by atoms with Gasteiger partial charge in [0.25, 0.3) is 11.7 Å². The second kappa shape index (κ2) is 9.39. The molecule has 1 atom stereocenters. The summed E-state index contributed by atoms with van der Waals surface area (Å²) in [6.45, 7) is 6.63. The van der Waals surface area contributed by atoms with Gasteiger partial charge in [0.05, 0.1) is 18.9 Å². The minimum absolute atomic E-state index is 0.0281. The lowest BCUT2D eigenvalue weighted by Crippen LogP contribution is -2.31. The Hall–Kier alpha value is -3.06. The average Bonchev–Trinajstić information content (AvgIpc) is 3.35. The molecule has 0 aliphatic carbocycles. The Balaban J connectivity index is 2.17. The van der Waals surface area contributed by atoms with E-state index < -0.39 is 17.7 Å². The molecule has 1 aromatic heterocycles. The normalized spacial score (nSPS) is 18.3. The molecule has 31 heavy (non-hydrogen) atoms. The van der Waals surface area contributed by atoms with E-state index in [1.807, 2.05) is 32.9 Å². The lowest BCUT2D eigenvalue weighted by molar-refractivity contribution is -0.140. The standard InChI is InChI=1S/C24H29NO6/c1-14(2)16-13-17(15(3)12-19(16)30-5)22(26)20-21(18-8-6-11-31-18)25(9-7-10-29-4)24(28)23(20)27/h6,8,11-14,21,26H,7,9-10H2,1-5H3/b22-20+. The summed E-state index contributed by atoms with van der Waals surface area (Å²) in [6, 6.07) is 6.26. The summed E-state index contributed by atoms with van der Waals surface area (Å²) in [6.07, 6.45) is 2.04. The fourth-order valence-corrected chi connectivity index (χ4v) is 3.96. The molecule has 0 radical (unpaired) electrons. The largest absolute Gasteiger partial charge is 0.507 e. The number of Topliss-reactive ketones (excluding diaryl/α,β-unsaturated/α-hetero) is 1. The van der Waals surface area contributed by atoms with Crippen molar-refractivity contribution in [3.8, 4) is 5.75 Å². The van der Waals surface area contributed by atoms with E-state index >= 15 is 0 Å². The monoisotopic (exact) mass is 427 g/mol. The lowest BCUT2D eigenvalue weighted by atomic mass is 9.92. The van der Waals surface area contributed by atoms with Crippen molar-refractivity contribution in [2.45, 2.75) is 39.2 Å². The van der Waals surface area contributed by atoms with Gasteiger partial charge in [-0.3, -0.25) is 9.59 Å². The molecule has 0 bridgehead atoms. The SMILES string of the molecule is COCCCN1C(=O)C(=O)/C(=C(/O)c2cc(C(C)C)c(OC)cc2C)C1c1ccco1. The van der Waals surface area contributed by atoms with Crippen LogP contribution < -0.4 is 4.74 Å². The molecule has 166 valence electrons. The van der Waals surface area contributed by atoms with E-state index in [4.69, 9.17) is 13.9 Å². The van der Waals surface area contributed by atoms with Gasteiger partial charge < -0.3 is 23.9 Å². The summed E-state index contributed by atoms with van der Waals surface area (Å²) in [5, 5.41) is 11.3. The molecule has 1 N–H and O–H groups in total.